The molecule has 3 N–H and O–H groups in total. The van der Waals surface area contributed by atoms with Gasteiger partial charge in [0.2, 0.25) is 0 Å². The molecule has 0 aliphatic carbocycles. The van der Waals surface area contributed by atoms with Crippen molar-refractivity contribution in [3.63, 3.8) is 0 Å². The predicted molar refractivity (Wildman–Crippen MR) is 129 cm³/mol. The first-order valence-corrected chi connectivity index (χ1v) is 11.1. The largest absolute Gasteiger partial charge is 0.384 e. The second kappa shape index (κ2) is 9.81. The molecular formula is C25H26N6O2. The van der Waals surface area contributed by atoms with E-state index in [4.69, 9.17) is 4.74 Å². The number of hydrogen-bond acceptors (Lipinski definition) is 6. The lowest BCUT2D eigenvalue weighted by molar-refractivity contribution is 0.0398. The number of amides is 1. The Kier molecular flexibility index (Phi) is 6.27. The minimum absolute atomic E-state index is 0.205. The number of hydrogen-bond donors (Lipinski definition) is 3. The van der Waals surface area contributed by atoms with E-state index in [9.17, 15) is 4.79 Å². The molecule has 4 aromatic rings. The first kappa shape index (κ1) is 21.1. The van der Waals surface area contributed by atoms with Crippen LogP contribution in [0.2, 0.25) is 0 Å². The van der Waals surface area contributed by atoms with Crippen LogP contribution in [0.5, 0.6) is 0 Å². The molecule has 1 fully saturated rings. The smallest absolute Gasteiger partial charge is 0.257 e. The van der Waals surface area contributed by atoms with Crippen LogP contribution in [0, 0.1) is 0 Å². The number of H-pyrrole nitrogens is 1. The Hall–Kier alpha value is -3.75. The van der Waals surface area contributed by atoms with Gasteiger partial charge in [-0.3, -0.25) is 9.69 Å². The number of ether oxygens (including phenoxy) is 1. The summed E-state index contributed by atoms with van der Waals surface area (Å²) in [6.07, 6.45) is 1.61. The molecule has 0 atom stereocenters. The molecule has 0 bridgehead atoms. The van der Waals surface area contributed by atoms with Crippen LogP contribution in [-0.4, -0.2) is 65.2 Å². The number of nitrogens with one attached hydrogen (secondary N) is 3. The summed E-state index contributed by atoms with van der Waals surface area (Å²) in [5.74, 6) is 0.473. The van der Waals surface area contributed by atoms with Gasteiger partial charge in [-0.1, -0.05) is 18.2 Å². The Morgan fingerprint density at radius 1 is 1.00 bits per heavy atom. The molecule has 168 valence electrons. The average molecular weight is 443 g/mol. The molecule has 5 rings (SSSR count). The predicted octanol–water partition coefficient (Wildman–Crippen LogP) is 3.62. The summed E-state index contributed by atoms with van der Waals surface area (Å²) >= 11 is 0. The van der Waals surface area contributed by atoms with Gasteiger partial charge < -0.3 is 20.4 Å². The number of rotatable bonds is 7. The molecule has 1 aliphatic heterocycles. The molecule has 0 unspecified atom stereocenters. The van der Waals surface area contributed by atoms with Gasteiger partial charge in [-0.2, -0.15) is 0 Å². The monoisotopic (exact) mass is 442 g/mol. The number of pyridine rings is 1. The summed E-state index contributed by atoms with van der Waals surface area (Å²) in [4.78, 5) is 27.4. The van der Waals surface area contributed by atoms with Gasteiger partial charge in [-0.05, 0) is 42.5 Å². The molecule has 0 radical (unpaired) electrons. The van der Waals surface area contributed by atoms with Crippen LogP contribution in [0.25, 0.3) is 22.6 Å². The Balaban J connectivity index is 1.27. The fourth-order valence-electron chi connectivity index (χ4n) is 3.89. The molecule has 1 amide bonds. The van der Waals surface area contributed by atoms with Gasteiger partial charge in [0, 0.05) is 49.3 Å². The van der Waals surface area contributed by atoms with Crippen molar-refractivity contribution in [3.05, 3.63) is 72.4 Å². The van der Waals surface area contributed by atoms with Gasteiger partial charge in [0.15, 0.2) is 5.65 Å². The van der Waals surface area contributed by atoms with Crippen LogP contribution in [-0.2, 0) is 4.74 Å². The third kappa shape index (κ3) is 5.02. The number of fused-ring (bicyclic) bond motifs is 1. The topological polar surface area (TPSA) is 95.2 Å². The minimum atomic E-state index is -0.205. The first-order chi connectivity index (χ1) is 16.3. The number of anilines is 2. The Labute approximate surface area is 192 Å². The Bertz CT molecular complexity index is 1220. The van der Waals surface area contributed by atoms with Gasteiger partial charge in [-0.25, -0.2) is 9.97 Å². The molecular weight excluding hydrogens is 416 g/mol. The lowest BCUT2D eigenvalue weighted by atomic mass is 10.2. The highest BCUT2D eigenvalue weighted by Gasteiger charge is 2.15. The molecule has 3 heterocycles. The van der Waals surface area contributed by atoms with E-state index in [2.05, 4.69) is 30.5 Å². The van der Waals surface area contributed by atoms with Crippen molar-refractivity contribution in [2.45, 2.75) is 0 Å². The van der Waals surface area contributed by atoms with Crippen LogP contribution >= 0.6 is 0 Å². The standard InChI is InChI=1S/C25H26N6O2/c32-25(28-20-4-2-1-3-5-20)21-10-11-27-24-22(21)29-23(30-24)18-6-8-19(9-7-18)26-12-13-31-14-16-33-17-15-31/h1-11,26H,12-17H2,(H,28,32)(H,27,29,30). The summed E-state index contributed by atoms with van der Waals surface area (Å²) in [5, 5.41) is 6.38. The van der Waals surface area contributed by atoms with E-state index in [1.807, 2.05) is 54.6 Å². The number of carbonyl (C=O) groups is 1. The molecule has 1 aliphatic rings. The molecule has 2 aromatic carbocycles. The zero-order chi connectivity index (χ0) is 22.5. The SMILES string of the molecule is O=C(Nc1ccccc1)c1ccnc2nc(-c3ccc(NCCN4CCOCC4)cc3)[nH]c12. The quantitative estimate of drug-likeness (QED) is 0.405. The van der Waals surface area contributed by atoms with Crippen LogP contribution in [0.4, 0.5) is 11.4 Å². The van der Waals surface area contributed by atoms with E-state index in [0.717, 1.165) is 56.3 Å². The normalized spacial score (nSPS) is 14.3. The fourth-order valence-corrected chi connectivity index (χ4v) is 3.89. The van der Waals surface area contributed by atoms with Crippen LogP contribution in [0.15, 0.2) is 66.9 Å². The van der Waals surface area contributed by atoms with Gasteiger partial charge in [0.1, 0.15) is 5.82 Å². The second-order valence-corrected chi connectivity index (χ2v) is 7.92. The maximum absolute atomic E-state index is 12.8. The number of nitrogens with zero attached hydrogens (tertiary/aromatic N) is 3. The van der Waals surface area contributed by atoms with Crippen LogP contribution in [0.1, 0.15) is 10.4 Å². The van der Waals surface area contributed by atoms with E-state index in [1.54, 1.807) is 12.3 Å². The van der Waals surface area contributed by atoms with Crippen molar-refractivity contribution >= 4 is 28.4 Å². The Morgan fingerprint density at radius 2 is 1.79 bits per heavy atom. The third-order valence-corrected chi connectivity index (χ3v) is 5.69. The average Bonchev–Trinajstić information content (AvgIpc) is 3.30. The summed E-state index contributed by atoms with van der Waals surface area (Å²) in [6.45, 7) is 5.49. The van der Waals surface area contributed by atoms with Crippen molar-refractivity contribution in [3.8, 4) is 11.4 Å². The zero-order valence-electron chi connectivity index (χ0n) is 18.3. The zero-order valence-corrected chi connectivity index (χ0v) is 18.3. The van der Waals surface area contributed by atoms with Crippen molar-refractivity contribution in [1.82, 2.24) is 19.9 Å². The van der Waals surface area contributed by atoms with Crippen molar-refractivity contribution < 1.29 is 9.53 Å². The van der Waals surface area contributed by atoms with Gasteiger partial charge in [0.25, 0.3) is 5.91 Å². The first-order valence-electron chi connectivity index (χ1n) is 11.1. The van der Waals surface area contributed by atoms with Crippen molar-refractivity contribution in [2.24, 2.45) is 0 Å². The summed E-state index contributed by atoms with van der Waals surface area (Å²) in [7, 11) is 0. The summed E-state index contributed by atoms with van der Waals surface area (Å²) in [6, 6.07) is 19.2. The molecule has 33 heavy (non-hydrogen) atoms. The highest BCUT2D eigenvalue weighted by Crippen LogP contribution is 2.23. The van der Waals surface area contributed by atoms with Gasteiger partial charge in [-0.15, -0.1) is 0 Å². The lowest BCUT2D eigenvalue weighted by Crippen LogP contribution is -2.38. The molecule has 8 nitrogen and oxygen atoms in total. The molecule has 8 heteroatoms. The summed E-state index contributed by atoms with van der Waals surface area (Å²) < 4.78 is 5.39. The minimum Gasteiger partial charge on any atom is -0.384 e. The number of aromatic amines is 1. The van der Waals surface area contributed by atoms with Gasteiger partial charge in [0.05, 0.1) is 24.3 Å². The molecule has 0 spiro atoms. The molecule has 1 saturated heterocycles. The number of morpholine rings is 1. The van der Waals surface area contributed by atoms with Crippen LogP contribution < -0.4 is 10.6 Å². The van der Waals surface area contributed by atoms with E-state index < -0.39 is 0 Å². The molecule has 0 saturated carbocycles. The highest BCUT2D eigenvalue weighted by molar-refractivity contribution is 6.11. The van der Waals surface area contributed by atoms with Crippen molar-refractivity contribution in [1.29, 1.82) is 0 Å². The maximum Gasteiger partial charge on any atom is 0.257 e. The van der Waals surface area contributed by atoms with E-state index in [0.29, 0.717) is 22.6 Å². The lowest BCUT2D eigenvalue weighted by Gasteiger charge is -2.26. The third-order valence-electron chi connectivity index (χ3n) is 5.69. The van der Waals surface area contributed by atoms with Gasteiger partial charge >= 0.3 is 0 Å². The number of aromatic nitrogens is 3. The molecule has 2 aromatic heterocycles. The van der Waals surface area contributed by atoms with E-state index >= 15 is 0 Å². The van der Waals surface area contributed by atoms with E-state index in [1.165, 1.54) is 0 Å². The number of imidazole rings is 1. The second-order valence-electron chi connectivity index (χ2n) is 7.92. The maximum atomic E-state index is 12.8. The highest BCUT2D eigenvalue weighted by atomic mass is 16.5. The summed E-state index contributed by atoms with van der Waals surface area (Å²) in [5.41, 5.74) is 4.37. The Morgan fingerprint density at radius 3 is 2.58 bits per heavy atom. The van der Waals surface area contributed by atoms with Crippen LogP contribution in [0.3, 0.4) is 0 Å². The van der Waals surface area contributed by atoms with E-state index in [-0.39, 0.29) is 5.91 Å². The van der Waals surface area contributed by atoms with Crippen molar-refractivity contribution in [2.75, 3.05) is 50.0 Å². The number of benzene rings is 2. The number of para-hydroxylation sites is 1. The number of carbonyl (C=O) groups excluding carboxylic acids is 1. The fraction of sp³-hybridized carbons (Fsp3) is 0.240.